The molecule has 184 valence electrons. The number of urea groups is 2. The van der Waals surface area contributed by atoms with Crippen LogP contribution in [0.5, 0.6) is 11.5 Å². The smallest absolute Gasteiger partial charge is 0.326 e. The van der Waals surface area contributed by atoms with Crippen molar-refractivity contribution in [3.8, 4) is 11.5 Å². The number of hydrogen-bond acceptors (Lipinski definition) is 3. The molecule has 3 aromatic rings. The molecule has 3 N–H and O–H groups in total. The van der Waals surface area contributed by atoms with Crippen LogP contribution < -0.4 is 25.6 Å². The number of benzene rings is 3. The molecule has 4 amide bonds. The number of nitrogens with zero attached hydrogens (tertiary/aromatic N) is 1. The number of carbonyl (C=O) groups is 2. The first-order chi connectivity index (χ1) is 16.7. The van der Waals surface area contributed by atoms with Gasteiger partial charge in [-0.05, 0) is 75.7 Å². The second kappa shape index (κ2) is 11.9. The molecule has 0 radical (unpaired) electrons. The molecule has 0 bridgehead atoms. The Morgan fingerprint density at radius 1 is 0.886 bits per heavy atom. The van der Waals surface area contributed by atoms with Gasteiger partial charge in [-0.15, -0.1) is 0 Å². The zero-order valence-corrected chi connectivity index (χ0v) is 20.2. The van der Waals surface area contributed by atoms with Crippen LogP contribution in [0, 0.1) is 5.82 Å². The van der Waals surface area contributed by atoms with Crippen molar-refractivity contribution < 1.29 is 18.7 Å². The summed E-state index contributed by atoms with van der Waals surface area (Å²) in [7, 11) is 0. The third kappa shape index (κ3) is 8.33. The highest BCUT2D eigenvalue weighted by molar-refractivity contribution is 6.01. The lowest BCUT2D eigenvalue weighted by Crippen LogP contribution is -2.47. The largest absolute Gasteiger partial charge is 0.457 e. The van der Waals surface area contributed by atoms with Gasteiger partial charge in [-0.3, -0.25) is 4.90 Å². The third-order valence-electron chi connectivity index (χ3n) is 4.82. The molecule has 0 aliphatic heterocycles. The van der Waals surface area contributed by atoms with E-state index >= 15 is 0 Å². The Kier molecular flexibility index (Phi) is 8.67. The lowest BCUT2D eigenvalue weighted by molar-refractivity contribution is 0.232. The van der Waals surface area contributed by atoms with Crippen molar-refractivity contribution in [3.63, 3.8) is 0 Å². The van der Waals surface area contributed by atoms with Gasteiger partial charge in [0.2, 0.25) is 0 Å². The minimum absolute atomic E-state index is 0.0919. The van der Waals surface area contributed by atoms with Crippen LogP contribution in [0.25, 0.3) is 0 Å². The van der Waals surface area contributed by atoms with E-state index in [4.69, 9.17) is 4.74 Å². The Morgan fingerprint density at radius 3 is 2.17 bits per heavy atom. The second-order valence-corrected chi connectivity index (χ2v) is 8.96. The van der Waals surface area contributed by atoms with Crippen LogP contribution in [0.2, 0.25) is 0 Å². The molecular weight excluding hydrogens is 447 g/mol. The average molecular weight is 479 g/mol. The lowest BCUT2D eigenvalue weighted by Gasteiger charge is -2.24. The topological polar surface area (TPSA) is 82.7 Å². The summed E-state index contributed by atoms with van der Waals surface area (Å²) in [5, 5.41) is 8.25. The summed E-state index contributed by atoms with van der Waals surface area (Å²) in [6.07, 6.45) is 0.491. The van der Waals surface area contributed by atoms with Crippen LogP contribution in [0.3, 0.4) is 0 Å². The van der Waals surface area contributed by atoms with E-state index in [1.54, 1.807) is 36.4 Å². The van der Waals surface area contributed by atoms with Crippen molar-refractivity contribution in [2.45, 2.75) is 32.7 Å². The molecule has 3 aromatic carbocycles. The normalized spacial score (nSPS) is 10.9. The molecule has 0 saturated carbocycles. The van der Waals surface area contributed by atoms with Crippen LogP contribution in [-0.4, -0.2) is 30.7 Å². The summed E-state index contributed by atoms with van der Waals surface area (Å²) < 4.78 is 19.9. The van der Waals surface area contributed by atoms with E-state index < -0.39 is 11.8 Å². The van der Waals surface area contributed by atoms with Crippen molar-refractivity contribution in [2.24, 2.45) is 0 Å². The maximum atomic E-state index is 14.1. The first-order valence-electron chi connectivity index (χ1n) is 11.4. The van der Waals surface area contributed by atoms with Crippen LogP contribution in [0.1, 0.15) is 27.2 Å². The predicted octanol–water partition coefficient (Wildman–Crippen LogP) is 6.14. The van der Waals surface area contributed by atoms with E-state index in [0.29, 0.717) is 36.7 Å². The van der Waals surface area contributed by atoms with E-state index in [1.165, 1.54) is 17.0 Å². The fraction of sp³-hybridized carbons (Fsp3) is 0.259. The van der Waals surface area contributed by atoms with Gasteiger partial charge in [0.1, 0.15) is 17.3 Å². The van der Waals surface area contributed by atoms with Gasteiger partial charge in [0, 0.05) is 24.3 Å². The number of hydrogen-bond donors (Lipinski definition) is 3. The Labute approximate surface area is 205 Å². The number of anilines is 2. The Balaban J connectivity index is 1.68. The zero-order chi connectivity index (χ0) is 25.3. The number of para-hydroxylation sites is 2. The third-order valence-corrected chi connectivity index (χ3v) is 4.82. The maximum absolute atomic E-state index is 14.1. The van der Waals surface area contributed by atoms with Gasteiger partial charge in [-0.25, -0.2) is 14.0 Å². The molecule has 0 unspecified atom stereocenters. The van der Waals surface area contributed by atoms with E-state index in [1.807, 2.05) is 51.1 Å². The van der Waals surface area contributed by atoms with Crippen molar-refractivity contribution in [3.05, 3.63) is 84.7 Å². The summed E-state index contributed by atoms with van der Waals surface area (Å²) in [6, 6.07) is 21.7. The van der Waals surface area contributed by atoms with E-state index in [9.17, 15) is 14.0 Å². The molecule has 0 heterocycles. The number of nitrogens with one attached hydrogen (secondary N) is 3. The lowest BCUT2D eigenvalue weighted by atomic mass is 10.1. The van der Waals surface area contributed by atoms with Crippen LogP contribution in [0.15, 0.2) is 78.9 Å². The highest BCUT2D eigenvalue weighted by atomic mass is 19.1. The van der Waals surface area contributed by atoms with Gasteiger partial charge in [0.15, 0.2) is 0 Å². The average Bonchev–Trinajstić information content (AvgIpc) is 2.81. The molecule has 3 rings (SSSR count). The van der Waals surface area contributed by atoms with Gasteiger partial charge in [-0.1, -0.05) is 30.3 Å². The van der Waals surface area contributed by atoms with Crippen LogP contribution >= 0.6 is 0 Å². The van der Waals surface area contributed by atoms with Gasteiger partial charge in [0.25, 0.3) is 0 Å². The highest BCUT2D eigenvalue weighted by Crippen LogP contribution is 2.25. The van der Waals surface area contributed by atoms with Crippen LogP contribution in [-0.2, 0) is 0 Å². The zero-order valence-electron chi connectivity index (χ0n) is 20.2. The fourth-order valence-corrected chi connectivity index (χ4v) is 3.24. The SMILES string of the molecule is CC(C)(C)NC(=O)NCCCN(C(=O)Nc1ccccc1F)c1ccc(Oc2ccccc2)cc1. The number of halogens is 1. The second-order valence-electron chi connectivity index (χ2n) is 8.96. The van der Waals surface area contributed by atoms with Crippen LogP contribution in [0.4, 0.5) is 25.4 Å². The summed E-state index contributed by atoms with van der Waals surface area (Å²) in [4.78, 5) is 26.6. The molecule has 0 fully saturated rings. The summed E-state index contributed by atoms with van der Waals surface area (Å²) >= 11 is 0. The van der Waals surface area contributed by atoms with Gasteiger partial charge in [-0.2, -0.15) is 0 Å². The van der Waals surface area contributed by atoms with E-state index in [0.717, 1.165) is 0 Å². The molecule has 35 heavy (non-hydrogen) atoms. The standard InChI is InChI=1S/C27H31FN4O3/c1-27(2,3)31-25(33)29-18-9-19-32(26(34)30-24-13-8-7-12-23(24)28)20-14-16-22(17-15-20)35-21-10-5-4-6-11-21/h4-8,10-17H,9,18-19H2,1-3H3,(H,30,34)(H2,29,31,33). The molecule has 7 nitrogen and oxygen atoms in total. The minimum Gasteiger partial charge on any atom is -0.457 e. The Hall–Kier alpha value is -4.07. The number of amides is 4. The first kappa shape index (κ1) is 25.6. The maximum Gasteiger partial charge on any atom is 0.326 e. The van der Waals surface area contributed by atoms with Crippen molar-refractivity contribution >= 4 is 23.4 Å². The molecule has 0 spiro atoms. The van der Waals surface area contributed by atoms with Crippen molar-refractivity contribution in [2.75, 3.05) is 23.3 Å². The molecule has 0 aromatic heterocycles. The monoisotopic (exact) mass is 478 g/mol. The summed E-state index contributed by atoms with van der Waals surface area (Å²) in [5.41, 5.74) is 0.354. The number of rotatable bonds is 8. The quantitative estimate of drug-likeness (QED) is 0.340. The predicted molar refractivity (Wildman–Crippen MR) is 137 cm³/mol. The molecule has 0 saturated heterocycles. The number of carbonyl (C=O) groups excluding carboxylic acids is 2. The van der Waals surface area contributed by atoms with Gasteiger partial charge >= 0.3 is 12.1 Å². The highest BCUT2D eigenvalue weighted by Gasteiger charge is 2.18. The molecule has 0 aliphatic carbocycles. The molecule has 0 atom stereocenters. The summed E-state index contributed by atoms with van der Waals surface area (Å²) in [5.74, 6) is 0.803. The van der Waals surface area contributed by atoms with E-state index in [2.05, 4.69) is 16.0 Å². The molecular formula is C27H31FN4O3. The fourth-order valence-electron chi connectivity index (χ4n) is 3.24. The number of ether oxygens (including phenoxy) is 1. The molecule has 0 aliphatic rings. The van der Waals surface area contributed by atoms with Gasteiger partial charge < -0.3 is 20.7 Å². The van der Waals surface area contributed by atoms with Crippen molar-refractivity contribution in [1.29, 1.82) is 0 Å². The first-order valence-corrected chi connectivity index (χ1v) is 11.4. The minimum atomic E-state index is -0.520. The van der Waals surface area contributed by atoms with Crippen molar-refractivity contribution in [1.82, 2.24) is 10.6 Å². The Morgan fingerprint density at radius 2 is 1.51 bits per heavy atom. The molecule has 8 heteroatoms. The Bertz CT molecular complexity index is 1120. The summed E-state index contributed by atoms with van der Waals surface area (Å²) in [6.45, 7) is 6.35. The van der Waals surface area contributed by atoms with E-state index in [-0.39, 0.29) is 17.3 Å². The van der Waals surface area contributed by atoms with Gasteiger partial charge in [0.05, 0.1) is 5.69 Å².